The fourth-order valence-corrected chi connectivity index (χ4v) is 6.27. The Bertz CT molecular complexity index is 1910. The van der Waals surface area contributed by atoms with Crippen LogP contribution in [-0.2, 0) is 29.2 Å². The van der Waals surface area contributed by atoms with Gasteiger partial charge in [-0.3, -0.25) is 0 Å². The molecule has 2 aliphatic rings. The van der Waals surface area contributed by atoms with Gasteiger partial charge >= 0.3 is 12.1 Å². The van der Waals surface area contributed by atoms with Crippen LogP contribution in [-0.4, -0.2) is 56.9 Å². The number of likely N-dealkylation sites (tertiary alicyclic amines) is 1. The molecule has 1 amide bonds. The first kappa shape index (κ1) is 29.9. The Hall–Kier alpha value is -4.79. The number of methoxy groups -OCH3 is 1. The van der Waals surface area contributed by atoms with Gasteiger partial charge in [-0.1, -0.05) is 48.5 Å². The van der Waals surface area contributed by atoms with Crippen LogP contribution in [0.5, 0.6) is 5.75 Å². The van der Waals surface area contributed by atoms with Crippen molar-refractivity contribution < 1.29 is 23.8 Å². The summed E-state index contributed by atoms with van der Waals surface area (Å²) >= 11 is 0. The first-order valence-corrected chi connectivity index (χ1v) is 16.0. The van der Waals surface area contributed by atoms with Crippen LogP contribution >= 0.6 is 0 Å². The zero-order valence-corrected chi connectivity index (χ0v) is 26.9. The molecule has 9 nitrogen and oxygen atoms in total. The molecule has 1 aliphatic heterocycles. The Morgan fingerprint density at radius 2 is 1.61 bits per heavy atom. The minimum atomic E-state index is -0.633. The van der Waals surface area contributed by atoms with Gasteiger partial charge in [0.15, 0.2) is 5.82 Å². The van der Waals surface area contributed by atoms with E-state index in [1.165, 1.54) is 18.4 Å². The number of rotatable bonds is 9. The third-order valence-corrected chi connectivity index (χ3v) is 8.70. The lowest BCUT2D eigenvalue weighted by molar-refractivity contribution is 0.00692. The third-order valence-electron chi connectivity index (χ3n) is 8.70. The number of carbonyl (C=O) groups excluding carboxylic acids is 2. The fraction of sp³-hybridized carbons (Fsp3) is 0.378. The highest BCUT2D eigenvalue weighted by Gasteiger charge is 2.34. The predicted molar refractivity (Wildman–Crippen MR) is 177 cm³/mol. The molecule has 1 aliphatic carbocycles. The third kappa shape index (κ3) is 6.06. The molecule has 238 valence electrons. The molecule has 46 heavy (non-hydrogen) atoms. The van der Waals surface area contributed by atoms with Gasteiger partial charge in [-0.2, -0.15) is 0 Å². The van der Waals surface area contributed by atoms with Crippen molar-refractivity contribution in [3.05, 3.63) is 83.9 Å². The molecule has 0 atom stereocenters. The molecule has 0 N–H and O–H groups in total. The molecule has 1 saturated carbocycles. The maximum Gasteiger partial charge on any atom is 0.410 e. The molecule has 7 rings (SSSR count). The van der Waals surface area contributed by atoms with E-state index < -0.39 is 11.6 Å². The Morgan fingerprint density at radius 1 is 0.891 bits per heavy atom. The van der Waals surface area contributed by atoms with Crippen LogP contribution < -0.4 is 4.74 Å². The first-order chi connectivity index (χ1) is 22.2. The second-order valence-corrected chi connectivity index (χ2v) is 13.5. The Kier molecular flexibility index (Phi) is 7.71. The lowest BCUT2D eigenvalue weighted by Gasteiger charge is -2.38. The number of hydrogen-bond donors (Lipinski definition) is 0. The molecule has 9 heteroatoms. The summed E-state index contributed by atoms with van der Waals surface area (Å²) in [4.78, 5) is 32.9. The van der Waals surface area contributed by atoms with Gasteiger partial charge in [-0.05, 0) is 69.4 Å². The first-order valence-electron chi connectivity index (χ1n) is 16.0. The van der Waals surface area contributed by atoms with E-state index in [4.69, 9.17) is 19.2 Å². The summed E-state index contributed by atoms with van der Waals surface area (Å²) in [6, 6.07) is 23.9. The number of amides is 1. The molecule has 2 fully saturated rings. The van der Waals surface area contributed by atoms with Crippen LogP contribution in [0, 0.1) is 11.8 Å². The van der Waals surface area contributed by atoms with Crippen molar-refractivity contribution in [2.75, 3.05) is 20.2 Å². The van der Waals surface area contributed by atoms with Crippen molar-refractivity contribution in [3.8, 4) is 17.3 Å². The number of nitrogens with zero attached hydrogens (tertiary/aromatic N) is 4. The van der Waals surface area contributed by atoms with Crippen molar-refractivity contribution in [2.24, 2.45) is 11.8 Å². The predicted octanol–water partition coefficient (Wildman–Crippen LogP) is 7.30. The number of benzene rings is 3. The van der Waals surface area contributed by atoms with Gasteiger partial charge in [0.05, 0.1) is 23.9 Å². The van der Waals surface area contributed by atoms with Crippen molar-refractivity contribution in [1.29, 1.82) is 0 Å². The van der Waals surface area contributed by atoms with Crippen molar-refractivity contribution in [2.45, 2.75) is 58.9 Å². The Morgan fingerprint density at radius 3 is 2.33 bits per heavy atom. The van der Waals surface area contributed by atoms with Crippen molar-refractivity contribution >= 4 is 34.0 Å². The van der Waals surface area contributed by atoms with Gasteiger partial charge < -0.3 is 28.2 Å². The topological polar surface area (TPSA) is 87.8 Å². The molecule has 3 heterocycles. The summed E-state index contributed by atoms with van der Waals surface area (Å²) in [6.45, 7) is 8.52. The molecule has 0 unspecified atom stereocenters. The SMILES string of the molecule is COc1cc(C(=O)OC(C)(C)C)cc2nc(-c3cc4ccccc4n3CC3CC3)n(CC3CN(C(=O)OCc4ccccc4)C3)c12. The summed E-state index contributed by atoms with van der Waals surface area (Å²) in [7, 11) is 1.61. The lowest BCUT2D eigenvalue weighted by atomic mass is 10.0. The van der Waals surface area contributed by atoms with Crippen LogP contribution in [0.15, 0.2) is 72.8 Å². The van der Waals surface area contributed by atoms with Gasteiger partial charge in [0.2, 0.25) is 0 Å². The lowest BCUT2D eigenvalue weighted by Crippen LogP contribution is -2.51. The highest BCUT2D eigenvalue weighted by molar-refractivity contribution is 5.98. The number of hydrogen-bond acceptors (Lipinski definition) is 6. The van der Waals surface area contributed by atoms with E-state index in [2.05, 4.69) is 39.5 Å². The highest BCUT2D eigenvalue weighted by Crippen LogP contribution is 2.39. The van der Waals surface area contributed by atoms with Crippen LogP contribution in [0.25, 0.3) is 33.5 Å². The monoisotopic (exact) mass is 620 g/mol. The number of imidazole rings is 1. The maximum absolute atomic E-state index is 13.1. The molecule has 0 spiro atoms. The van der Waals surface area contributed by atoms with Gasteiger partial charge in [0.1, 0.15) is 23.5 Å². The summed E-state index contributed by atoms with van der Waals surface area (Å²) in [5.74, 6) is 1.80. The maximum atomic E-state index is 13.1. The van der Waals surface area contributed by atoms with Gasteiger partial charge in [0, 0.05) is 43.0 Å². The Balaban J connectivity index is 1.24. The number of carbonyl (C=O) groups is 2. The smallest absolute Gasteiger partial charge is 0.410 e. The molecule has 3 aromatic carbocycles. The number of para-hydroxylation sites is 1. The summed E-state index contributed by atoms with van der Waals surface area (Å²) in [5, 5.41) is 1.16. The number of fused-ring (bicyclic) bond motifs is 2. The summed E-state index contributed by atoms with van der Waals surface area (Å²) in [6.07, 6.45) is 2.15. The van der Waals surface area contributed by atoms with Crippen LogP contribution in [0.3, 0.4) is 0 Å². The zero-order chi connectivity index (χ0) is 32.0. The molecular formula is C37H40N4O5. The fourth-order valence-electron chi connectivity index (χ4n) is 6.27. The number of aromatic nitrogens is 3. The van der Waals surface area contributed by atoms with E-state index in [9.17, 15) is 9.59 Å². The van der Waals surface area contributed by atoms with Crippen LogP contribution in [0.1, 0.15) is 49.5 Å². The van der Waals surface area contributed by atoms with Gasteiger partial charge in [-0.25, -0.2) is 14.6 Å². The molecule has 5 aromatic rings. The minimum absolute atomic E-state index is 0.192. The molecule has 1 saturated heterocycles. The van der Waals surface area contributed by atoms with E-state index in [0.29, 0.717) is 42.4 Å². The van der Waals surface area contributed by atoms with Crippen LogP contribution in [0.4, 0.5) is 4.79 Å². The molecule has 0 bridgehead atoms. The van der Waals surface area contributed by atoms with E-state index >= 15 is 0 Å². The summed E-state index contributed by atoms with van der Waals surface area (Å²) < 4.78 is 21.8. The van der Waals surface area contributed by atoms with Crippen molar-refractivity contribution in [3.63, 3.8) is 0 Å². The quantitative estimate of drug-likeness (QED) is 0.161. The van der Waals surface area contributed by atoms with Crippen molar-refractivity contribution in [1.82, 2.24) is 19.0 Å². The second-order valence-electron chi connectivity index (χ2n) is 13.5. The van der Waals surface area contributed by atoms with Gasteiger partial charge in [-0.15, -0.1) is 0 Å². The largest absolute Gasteiger partial charge is 0.494 e. The van der Waals surface area contributed by atoms with Gasteiger partial charge in [0.25, 0.3) is 0 Å². The number of ether oxygens (including phenoxy) is 3. The van der Waals surface area contributed by atoms with E-state index in [1.807, 2.05) is 51.1 Å². The molecule has 0 radical (unpaired) electrons. The number of esters is 1. The van der Waals surface area contributed by atoms with E-state index in [0.717, 1.165) is 34.5 Å². The normalized spacial score (nSPS) is 15.3. The molecule has 2 aromatic heterocycles. The highest BCUT2D eigenvalue weighted by atomic mass is 16.6. The standard InChI is InChI=1S/C37H40N4O5/c1-37(2,3)46-35(42)28-16-29-33(32(18-28)44-4)41(22-26-19-39(20-26)36(43)45-23-25-10-6-5-7-11-25)34(38-29)31-17-27-12-8-9-13-30(27)40(31)21-24-14-15-24/h5-13,16-18,24,26H,14-15,19-23H2,1-4H3. The van der Waals surface area contributed by atoms with E-state index in [1.54, 1.807) is 24.1 Å². The average Bonchev–Trinajstić information content (AvgIpc) is 3.66. The zero-order valence-electron chi connectivity index (χ0n) is 26.9. The molecular weight excluding hydrogens is 580 g/mol. The second kappa shape index (κ2) is 11.9. The van der Waals surface area contributed by atoms with E-state index in [-0.39, 0.29) is 18.6 Å². The minimum Gasteiger partial charge on any atom is -0.494 e. The van der Waals surface area contributed by atoms with Crippen LogP contribution in [0.2, 0.25) is 0 Å². The Labute approximate surface area is 268 Å². The average molecular weight is 621 g/mol. The summed E-state index contributed by atoms with van der Waals surface area (Å²) in [5.41, 5.74) is 4.41.